The maximum absolute atomic E-state index is 12.6. The summed E-state index contributed by atoms with van der Waals surface area (Å²) < 4.78 is 17.5. The topological polar surface area (TPSA) is 95.7 Å². The van der Waals surface area contributed by atoms with Crippen molar-refractivity contribution in [3.8, 4) is 0 Å². The molecule has 0 saturated carbocycles. The molecular weight excluding hydrogens is 377 g/mol. The van der Waals surface area contributed by atoms with Crippen LogP contribution in [0.2, 0.25) is 0 Å². The quantitative estimate of drug-likeness (QED) is 0.720. The van der Waals surface area contributed by atoms with E-state index >= 15 is 0 Å². The number of nitrogens with zero attached hydrogens (tertiary/aromatic N) is 2. The third-order valence-electron chi connectivity index (χ3n) is 4.84. The molecule has 2 amide bonds. The Morgan fingerprint density at radius 2 is 2.07 bits per heavy atom. The number of amides is 2. The zero-order valence-corrected chi connectivity index (χ0v) is 16.9. The fraction of sp³-hybridized carbons (Fsp3) is 0.476. The van der Waals surface area contributed by atoms with Gasteiger partial charge in [0.2, 0.25) is 12.3 Å². The van der Waals surface area contributed by atoms with E-state index in [9.17, 15) is 19.1 Å². The number of aliphatic hydroxyl groups is 1. The number of halogens is 1. The summed E-state index contributed by atoms with van der Waals surface area (Å²) in [5.41, 5.74) is 0.888. The van der Waals surface area contributed by atoms with Gasteiger partial charge in [0.15, 0.2) is 0 Å². The van der Waals surface area contributed by atoms with Gasteiger partial charge in [0.25, 0.3) is 0 Å². The Hall–Kier alpha value is -2.74. The van der Waals surface area contributed by atoms with E-state index in [0.717, 1.165) is 5.56 Å². The van der Waals surface area contributed by atoms with Crippen molar-refractivity contribution in [2.24, 2.45) is 5.92 Å². The van der Waals surface area contributed by atoms with E-state index in [-0.39, 0.29) is 29.6 Å². The summed E-state index contributed by atoms with van der Waals surface area (Å²) in [6.07, 6.45) is 2.41. The monoisotopic (exact) mass is 405 g/mol. The minimum atomic E-state index is -0.411. The molecule has 2 N–H and O–H groups in total. The smallest absolute Gasteiger partial charge is 0.234 e. The van der Waals surface area contributed by atoms with Crippen LogP contribution in [0.25, 0.3) is 0 Å². The van der Waals surface area contributed by atoms with Gasteiger partial charge in [0, 0.05) is 25.2 Å². The van der Waals surface area contributed by atoms with Gasteiger partial charge in [0.05, 0.1) is 12.3 Å². The number of likely N-dealkylation sites (tertiary alicyclic amines) is 1. The van der Waals surface area contributed by atoms with Gasteiger partial charge in [0.1, 0.15) is 17.5 Å². The predicted molar refractivity (Wildman–Crippen MR) is 105 cm³/mol. The van der Waals surface area contributed by atoms with Crippen molar-refractivity contribution in [2.45, 2.75) is 51.8 Å². The van der Waals surface area contributed by atoms with Crippen LogP contribution in [0.3, 0.4) is 0 Å². The molecule has 7 nitrogen and oxygen atoms in total. The molecule has 3 rings (SSSR count). The molecular formula is C21H28FN3O4. The maximum Gasteiger partial charge on any atom is 0.234 e. The lowest BCUT2D eigenvalue weighted by atomic mass is 9.91. The summed E-state index contributed by atoms with van der Waals surface area (Å²) in [7, 11) is 0. The average Bonchev–Trinajstić information content (AvgIpc) is 3.31. The van der Waals surface area contributed by atoms with Crippen LogP contribution in [-0.4, -0.2) is 46.2 Å². The molecule has 2 heterocycles. The van der Waals surface area contributed by atoms with Crippen molar-refractivity contribution in [3.05, 3.63) is 53.7 Å². The van der Waals surface area contributed by atoms with Gasteiger partial charge in [-0.15, -0.1) is 0 Å². The van der Waals surface area contributed by atoms with Gasteiger partial charge >= 0.3 is 0 Å². The molecule has 2 aromatic rings. The summed E-state index contributed by atoms with van der Waals surface area (Å²) in [5, 5.41) is 15.8. The summed E-state index contributed by atoms with van der Waals surface area (Å²) >= 11 is 0. The van der Waals surface area contributed by atoms with Crippen LogP contribution in [0.4, 0.5) is 4.39 Å². The zero-order valence-electron chi connectivity index (χ0n) is 16.9. The van der Waals surface area contributed by atoms with E-state index in [1.54, 1.807) is 29.3 Å². The van der Waals surface area contributed by atoms with Crippen LogP contribution in [0.15, 0.2) is 41.1 Å². The van der Waals surface area contributed by atoms with Crippen LogP contribution in [-0.2, 0) is 16.1 Å². The molecule has 1 saturated heterocycles. The Morgan fingerprint density at radius 3 is 2.55 bits per heavy atom. The Bertz CT molecular complexity index is 765. The van der Waals surface area contributed by atoms with Gasteiger partial charge in [-0.3, -0.25) is 9.59 Å². The SMILES string of the molecule is CC(C)C(C(=O)N1CC(O)CC1C)c1ccno1.O=CNCc1ccc(F)cc1. The highest BCUT2D eigenvalue weighted by Gasteiger charge is 2.38. The van der Waals surface area contributed by atoms with Crippen molar-refractivity contribution in [1.82, 2.24) is 15.4 Å². The summed E-state index contributed by atoms with van der Waals surface area (Å²) in [6, 6.07) is 7.80. The third kappa shape index (κ3) is 6.39. The van der Waals surface area contributed by atoms with Gasteiger partial charge in [-0.25, -0.2) is 4.39 Å². The van der Waals surface area contributed by atoms with Gasteiger partial charge < -0.3 is 19.8 Å². The summed E-state index contributed by atoms with van der Waals surface area (Å²) in [6.45, 7) is 6.80. The highest BCUT2D eigenvalue weighted by atomic mass is 19.1. The number of aromatic nitrogens is 1. The molecule has 8 heteroatoms. The van der Waals surface area contributed by atoms with Crippen LogP contribution < -0.4 is 5.32 Å². The first-order valence-corrected chi connectivity index (χ1v) is 9.64. The molecule has 0 spiro atoms. The second-order valence-electron chi connectivity index (χ2n) is 7.49. The Labute approximate surface area is 169 Å². The largest absolute Gasteiger partial charge is 0.391 e. The minimum Gasteiger partial charge on any atom is -0.391 e. The van der Waals surface area contributed by atoms with E-state index in [1.165, 1.54) is 12.1 Å². The highest BCUT2D eigenvalue weighted by Crippen LogP contribution is 2.30. The predicted octanol–water partition coefficient (Wildman–Crippen LogP) is 2.47. The van der Waals surface area contributed by atoms with Crippen LogP contribution in [0.1, 0.15) is 44.4 Å². The van der Waals surface area contributed by atoms with Crippen LogP contribution in [0.5, 0.6) is 0 Å². The molecule has 1 aromatic carbocycles. The average molecular weight is 405 g/mol. The third-order valence-corrected chi connectivity index (χ3v) is 4.84. The lowest BCUT2D eigenvalue weighted by molar-refractivity contribution is -0.135. The number of carbonyl (C=O) groups excluding carboxylic acids is 2. The van der Waals surface area contributed by atoms with E-state index in [1.807, 2.05) is 20.8 Å². The first kappa shape index (κ1) is 22.5. The van der Waals surface area contributed by atoms with Crippen molar-refractivity contribution in [3.63, 3.8) is 0 Å². The number of β-amino-alcohol motifs (C(OH)–C–C–N with tert-alkyl or cyclic N) is 1. The molecule has 0 bridgehead atoms. The lowest BCUT2D eigenvalue weighted by Crippen LogP contribution is -2.39. The Morgan fingerprint density at radius 1 is 1.38 bits per heavy atom. The summed E-state index contributed by atoms with van der Waals surface area (Å²) in [5.74, 6) is 0.171. The minimum absolute atomic E-state index is 0.0193. The molecule has 158 valence electrons. The second kappa shape index (κ2) is 10.7. The first-order chi connectivity index (χ1) is 13.8. The normalized spacial score (nSPS) is 19.4. The van der Waals surface area contributed by atoms with Crippen molar-refractivity contribution in [1.29, 1.82) is 0 Å². The fourth-order valence-corrected chi connectivity index (χ4v) is 3.37. The van der Waals surface area contributed by atoms with Gasteiger partial charge in [-0.1, -0.05) is 31.1 Å². The van der Waals surface area contributed by atoms with Crippen molar-refractivity contribution < 1.29 is 23.6 Å². The molecule has 3 atom stereocenters. The molecule has 0 radical (unpaired) electrons. The van der Waals surface area contributed by atoms with E-state index in [0.29, 0.717) is 31.7 Å². The number of benzene rings is 1. The van der Waals surface area contributed by atoms with E-state index < -0.39 is 6.10 Å². The molecule has 1 fully saturated rings. The number of aliphatic hydroxyl groups excluding tert-OH is 1. The zero-order chi connectivity index (χ0) is 21.4. The fourth-order valence-electron chi connectivity index (χ4n) is 3.37. The number of hydrogen-bond acceptors (Lipinski definition) is 5. The van der Waals surface area contributed by atoms with E-state index in [2.05, 4.69) is 10.5 Å². The lowest BCUT2D eigenvalue weighted by Gasteiger charge is -2.27. The highest BCUT2D eigenvalue weighted by molar-refractivity contribution is 5.84. The molecule has 1 aliphatic heterocycles. The number of carbonyl (C=O) groups is 2. The van der Waals surface area contributed by atoms with E-state index in [4.69, 9.17) is 4.52 Å². The molecule has 1 aromatic heterocycles. The number of rotatable bonds is 6. The van der Waals surface area contributed by atoms with Crippen LogP contribution in [0, 0.1) is 11.7 Å². The maximum atomic E-state index is 12.6. The van der Waals surface area contributed by atoms with Gasteiger partial charge in [-0.2, -0.15) is 0 Å². The standard InChI is InChI=1S/C13H20N2O3.C8H8FNO/c1-8(2)12(11-4-5-14-18-11)13(17)15-7-10(16)6-9(15)3;9-8-3-1-7(2-4-8)5-10-6-11/h4-5,8-10,12,16H,6-7H2,1-3H3;1-4,6H,5H2,(H,10,11). The summed E-state index contributed by atoms with van der Waals surface area (Å²) in [4.78, 5) is 24.2. The van der Waals surface area contributed by atoms with Gasteiger partial charge in [-0.05, 0) is 37.0 Å². The molecule has 3 unspecified atom stereocenters. The Kier molecular flexibility index (Phi) is 8.33. The number of nitrogens with one attached hydrogen (secondary N) is 1. The molecule has 29 heavy (non-hydrogen) atoms. The molecule has 1 aliphatic rings. The van der Waals surface area contributed by atoms with Crippen LogP contribution >= 0.6 is 0 Å². The molecule has 0 aliphatic carbocycles. The second-order valence-corrected chi connectivity index (χ2v) is 7.49. The Balaban J connectivity index is 0.000000234. The van der Waals surface area contributed by atoms with Crippen molar-refractivity contribution >= 4 is 12.3 Å². The number of hydrogen-bond donors (Lipinski definition) is 2. The first-order valence-electron chi connectivity index (χ1n) is 9.64. The van der Waals surface area contributed by atoms with Crippen molar-refractivity contribution in [2.75, 3.05) is 6.54 Å².